The third-order valence-corrected chi connectivity index (χ3v) is 4.79. The number of hydrogen-bond donors (Lipinski definition) is 2. The number of H-pyrrole nitrogens is 1. The van der Waals surface area contributed by atoms with Crippen molar-refractivity contribution in [3.63, 3.8) is 0 Å². The predicted octanol–water partition coefficient (Wildman–Crippen LogP) is 4.80. The minimum absolute atomic E-state index is 0.873. The van der Waals surface area contributed by atoms with Crippen LogP contribution in [-0.2, 0) is 6.54 Å². The van der Waals surface area contributed by atoms with E-state index in [0.717, 1.165) is 11.0 Å². The van der Waals surface area contributed by atoms with E-state index in [4.69, 9.17) is 0 Å². The smallest absolute Gasteiger partial charge is 0.0780 e. The standard InChI is InChI=1S/C16H15BrN2S/c1-18-10-12-6-7-13(9-14(12)17)20-16-8-11-4-2-3-5-15(11)19-16/h2-9,18-19H,10H2,1H3. The highest BCUT2D eigenvalue weighted by molar-refractivity contribution is 9.10. The Labute approximate surface area is 131 Å². The van der Waals surface area contributed by atoms with Crippen molar-refractivity contribution in [2.75, 3.05) is 7.05 Å². The van der Waals surface area contributed by atoms with Crippen LogP contribution in [0.5, 0.6) is 0 Å². The van der Waals surface area contributed by atoms with Crippen LogP contribution in [0.25, 0.3) is 10.9 Å². The van der Waals surface area contributed by atoms with Gasteiger partial charge in [-0.15, -0.1) is 0 Å². The van der Waals surface area contributed by atoms with E-state index in [9.17, 15) is 0 Å². The van der Waals surface area contributed by atoms with E-state index in [0.29, 0.717) is 0 Å². The van der Waals surface area contributed by atoms with Gasteiger partial charge in [0.05, 0.1) is 5.03 Å². The molecule has 1 aromatic heterocycles. The van der Waals surface area contributed by atoms with Crippen molar-refractivity contribution in [2.45, 2.75) is 16.5 Å². The summed E-state index contributed by atoms with van der Waals surface area (Å²) < 4.78 is 1.15. The summed E-state index contributed by atoms with van der Waals surface area (Å²) in [5.74, 6) is 0. The predicted molar refractivity (Wildman–Crippen MR) is 89.3 cm³/mol. The van der Waals surface area contributed by atoms with E-state index >= 15 is 0 Å². The fraction of sp³-hybridized carbons (Fsp3) is 0.125. The van der Waals surface area contributed by atoms with E-state index in [1.54, 1.807) is 11.8 Å². The van der Waals surface area contributed by atoms with Gasteiger partial charge in [0, 0.05) is 26.8 Å². The van der Waals surface area contributed by atoms with Crippen LogP contribution in [0.3, 0.4) is 0 Å². The fourth-order valence-electron chi connectivity index (χ4n) is 2.15. The number of para-hydroxylation sites is 1. The molecule has 20 heavy (non-hydrogen) atoms. The molecule has 0 spiro atoms. The quantitative estimate of drug-likeness (QED) is 0.709. The summed E-state index contributed by atoms with van der Waals surface area (Å²) in [6, 6.07) is 17.0. The van der Waals surface area contributed by atoms with Crippen molar-refractivity contribution in [3.05, 3.63) is 58.6 Å². The largest absolute Gasteiger partial charge is 0.349 e. The maximum Gasteiger partial charge on any atom is 0.0780 e. The van der Waals surface area contributed by atoms with Crippen molar-refractivity contribution >= 4 is 38.6 Å². The monoisotopic (exact) mass is 346 g/mol. The van der Waals surface area contributed by atoms with Gasteiger partial charge in [0.25, 0.3) is 0 Å². The van der Waals surface area contributed by atoms with Gasteiger partial charge in [-0.2, -0.15) is 0 Å². The SMILES string of the molecule is CNCc1ccc(Sc2cc3ccccc3[nH]2)cc1Br. The topological polar surface area (TPSA) is 27.8 Å². The number of rotatable bonds is 4. The van der Waals surface area contributed by atoms with Crippen molar-refractivity contribution in [1.82, 2.24) is 10.3 Å². The zero-order chi connectivity index (χ0) is 13.9. The molecule has 2 nitrogen and oxygen atoms in total. The van der Waals surface area contributed by atoms with Crippen LogP contribution in [-0.4, -0.2) is 12.0 Å². The van der Waals surface area contributed by atoms with E-state index < -0.39 is 0 Å². The zero-order valence-electron chi connectivity index (χ0n) is 11.1. The lowest BCUT2D eigenvalue weighted by Crippen LogP contribution is -2.05. The van der Waals surface area contributed by atoms with Gasteiger partial charge in [0.15, 0.2) is 0 Å². The number of nitrogens with one attached hydrogen (secondary N) is 2. The van der Waals surface area contributed by atoms with E-state index in [2.05, 4.69) is 74.8 Å². The van der Waals surface area contributed by atoms with Gasteiger partial charge in [-0.05, 0) is 36.9 Å². The molecule has 0 aliphatic carbocycles. The molecule has 0 unspecified atom stereocenters. The molecular formula is C16H15BrN2S. The van der Waals surface area contributed by atoms with Crippen LogP contribution in [0, 0.1) is 0 Å². The highest BCUT2D eigenvalue weighted by Gasteiger charge is 2.05. The number of halogens is 1. The molecule has 2 aromatic carbocycles. The van der Waals surface area contributed by atoms with E-state index in [-0.39, 0.29) is 0 Å². The van der Waals surface area contributed by atoms with Crippen molar-refractivity contribution < 1.29 is 0 Å². The summed E-state index contributed by atoms with van der Waals surface area (Å²) in [7, 11) is 1.96. The summed E-state index contributed by atoms with van der Waals surface area (Å²) in [5, 5.41) is 5.59. The van der Waals surface area contributed by atoms with Crippen LogP contribution in [0.2, 0.25) is 0 Å². The Kier molecular flexibility index (Phi) is 4.15. The summed E-state index contributed by atoms with van der Waals surface area (Å²) in [5.41, 5.74) is 2.45. The maximum absolute atomic E-state index is 3.63. The Morgan fingerprint density at radius 1 is 1.15 bits per heavy atom. The first kappa shape index (κ1) is 13.7. The third kappa shape index (κ3) is 2.92. The molecule has 0 aliphatic heterocycles. The van der Waals surface area contributed by atoms with Crippen LogP contribution < -0.4 is 5.32 Å². The van der Waals surface area contributed by atoms with Crippen LogP contribution in [0.1, 0.15) is 5.56 Å². The number of benzene rings is 2. The molecule has 1 heterocycles. The fourth-order valence-corrected chi connectivity index (χ4v) is 3.74. The summed E-state index contributed by atoms with van der Waals surface area (Å²) in [4.78, 5) is 4.66. The Hall–Kier alpha value is -1.23. The third-order valence-electron chi connectivity index (χ3n) is 3.12. The number of aromatic amines is 1. The highest BCUT2D eigenvalue weighted by Crippen LogP contribution is 2.32. The van der Waals surface area contributed by atoms with E-state index in [1.165, 1.54) is 26.4 Å². The lowest BCUT2D eigenvalue weighted by atomic mass is 10.2. The molecule has 0 saturated heterocycles. The second kappa shape index (κ2) is 6.04. The van der Waals surface area contributed by atoms with Crippen molar-refractivity contribution in [2.24, 2.45) is 0 Å². The molecule has 4 heteroatoms. The Balaban J connectivity index is 1.85. The first-order valence-electron chi connectivity index (χ1n) is 6.45. The molecule has 0 saturated carbocycles. The first-order chi connectivity index (χ1) is 9.76. The maximum atomic E-state index is 3.63. The van der Waals surface area contributed by atoms with Gasteiger partial charge in [-0.25, -0.2) is 0 Å². The molecular weight excluding hydrogens is 332 g/mol. The molecule has 0 bridgehead atoms. The van der Waals surface area contributed by atoms with Gasteiger partial charge in [0.1, 0.15) is 0 Å². The lowest BCUT2D eigenvalue weighted by molar-refractivity contribution is 0.813. The molecule has 0 aliphatic rings. The van der Waals surface area contributed by atoms with Gasteiger partial charge >= 0.3 is 0 Å². The van der Waals surface area contributed by atoms with Crippen LogP contribution in [0.4, 0.5) is 0 Å². The van der Waals surface area contributed by atoms with Crippen molar-refractivity contribution in [1.29, 1.82) is 0 Å². The molecule has 2 N–H and O–H groups in total. The summed E-state index contributed by atoms with van der Waals surface area (Å²) >= 11 is 5.38. The molecule has 0 radical (unpaired) electrons. The molecule has 0 atom stereocenters. The average molecular weight is 347 g/mol. The lowest BCUT2D eigenvalue weighted by Gasteiger charge is -2.06. The van der Waals surface area contributed by atoms with Crippen molar-refractivity contribution in [3.8, 4) is 0 Å². The molecule has 3 aromatic rings. The highest BCUT2D eigenvalue weighted by atomic mass is 79.9. The number of aromatic nitrogens is 1. The molecule has 102 valence electrons. The second-order valence-electron chi connectivity index (χ2n) is 4.61. The average Bonchev–Trinajstić information content (AvgIpc) is 2.84. The number of hydrogen-bond acceptors (Lipinski definition) is 2. The van der Waals surface area contributed by atoms with Crippen LogP contribution in [0.15, 0.2) is 62.9 Å². The second-order valence-corrected chi connectivity index (χ2v) is 6.58. The summed E-state index contributed by atoms with van der Waals surface area (Å²) in [6.07, 6.45) is 0. The Bertz CT molecular complexity index is 703. The first-order valence-corrected chi connectivity index (χ1v) is 8.06. The Morgan fingerprint density at radius 2 is 2.00 bits per heavy atom. The zero-order valence-corrected chi connectivity index (χ0v) is 13.5. The summed E-state index contributed by atoms with van der Waals surface area (Å²) in [6.45, 7) is 0.873. The minimum Gasteiger partial charge on any atom is -0.349 e. The van der Waals surface area contributed by atoms with Gasteiger partial charge in [-0.3, -0.25) is 0 Å². The molecule has 0 fully saturated rings. The number of fused-ring (bicyclic) bond motifs is 1. The molecule has 0 amide bonds. The normalized spacial score (nSPS) is 11.1. The van der Waals surface area contributed by atoms with Gasteiger partial charge in [-0.1, -0.05) is 52.0 Å². The van der Waals surface area contributed by atoms with E-state index in [1.807, 2.05) is 7.05 Å². The minimum atomic E-state index is 0.873. The van der Waals surface area contributed by atoms with Crippen LogP contribution >= 0.6 is 27.7 Å². The van der Waals surface area contributed by atoms with Gasteiger partial charge in [0.2, 0.25) is 0 Å². The van der Waals surface area contributed by atoms with Gasteiger partial charge < -0.3 is 10.3 Å². The molecule has 3 rings (SSSR count). The Morgan fingerprint density at radius 3 is 2.75 bits per heavy atom.